The summed E-state index contributed by atoms with van der Waals surface area (Å²) < 4.78 is 1.67. The summed E-state index contributed by atoms with van der Waals surface area (Å²) >= 11 is 0. The van der Waals surface area contributed by atoms with Crippen LogP contribution in [0.5, 0.6) is 0 Å². The highest BCUT2D eigenvalue weighted by Gasteiger charge is 2.25. The van der Waals surface area contributed by atoms with Gasteiger partial charge in [0, 0.05) is 6.20 Å². The lowest BCUT2D eigenvalue weighted by Crippen LogP contribution is -2.45. The highest BCUT2D eigenvalue weighted by Crippen LogP contribution is 2.19. The van der Waals surface area contributed by atoms with Crippen LogP contribution in [-0.2, 0) is 0 Å². The number of aliphatic hydroxyl groups excluding tert-OH is 1. The Morgan fingerprint density at radius 3 is 3.05 bits per heavy atom. The molecule has 0 aliphatic heterocycles. The van der Waals surface area contributed by atoms with Crippen molar-refractivity contribution in [3.05, 3.63) is 36.2 Å². The zero-order valence-corrected chi connectivity index (χ0v) is 10.6. The van der Waals surface area contributed by atoms with Gasteiger partial charge in [0.1, 0.15) is 0 Å². The maximum absolute atomic E-state index is 12.3. The molecule has 1 amide bonds. The van der Waals surface area contributed by atoms with Gasteiger partial charge < -0.3 is 10.4 Å². The highest BCUT2D eigenvalue weighted by molar-refractivity contribution is 6.00. The minimum Gasteiger partial charge on any atom is -0.391 e. The number of carbonyl (C=O) groups excluding carboxylic acids is 1. The van der Waals surface area contributed by atoms with Crippen molar-refractivity contribution in [2.45, 2.75) is 37.8 Å². The number of aromatic nitrogens is 2. The number of hydrogen-bond acceptors (Lipinski definition) is 3. The highest BCUT2D eigenvalue weighted by atomic mass is 16.3. The SMILES string of the molecule is O=C(N[C@H]1CCCC[C@@H]1O)c1cnn2ccccc12. The van der Waals surface area contributed by atoms with Crippen LogP contribution in [0, 0.1) is 0 Å². The fourth-order valence-electron chi connectivity index (χ4n) is 2.64. The molecule has 19 heavy (non-hydrogen) atoms. The van der Waals surface area contributed by atoms with E-state index in [1.54, 1.807) is 10.7 Å². The fourth-order valence-corrected chi connectivity index (χ4v) is 2.64. The third kappa shape index (κ3) is 2.33. The van der Waals surface area contributed by atoms with E-state index in [1.165, 1.54) is 0 Å². The molecule has 0 radical (unpaired) electrons. The summed E-state index contributed by atoms with van der Waals surface area (Å²) in [6, 6.07) is 5.47. The van der Waals surface area contributed by atoms with Crippen molar-refractivity contribution in [1.82, 2.24) is 14.9 Å². The first-order chi connectivity index (χ1) is 9.25. The largest absolute Gasteiger partial charge is 0.391 e. The number of amides is 1. The molecule has 0 unspecified atom stereocenters. The van der Waals surface area contributed by atoms with Crippen LogP contribution in [0.4, 0.5) is 0 Å². The average Bonchev–Trinajstić information content (AvgIpc) is 2.85. The van der Waals surface area contributed by atoms with Crippen LogP contribution in [0.3, 0.4) is 0 Å². The van der Waals surface area contributed by atoms with Gasteiger partial charge in [-0.1, -0.05) is 18.9 Å². The topological polar surface area (TPSA) is 66.6 Å². The standard InChI is InChI=1S/C14H17N3O2/c18-13-7-2-1-5-11(13)16-14(19)10-9-15-17-8-4-3-6-12(10)17/h3-4,6,8-9,11,13,18H,1-2,5,7H2,(H,16,19)/t11-,13-/m0/s1. The quantitative estimate of drug-likeness (QED) is 0.856. The molecule has 0 spiro atoms. The van der Waals surface area contributed by atoms with Gasteiger partial charge in [0.15, 0.2) is 0 Å². The van der Waals surface area contributed by atoms with Crippen molar-refractivity contribution >= 4 is 11.4 Å². The Bertz CT molecular complexity index is 593. The number of nitrogens with one attached hydrogen (secondary N) is 1. The summed E-state index contributed by atoms with van der Waals surface area (Å²) in [7, 11) is 0. The summed E-state index contributed by atoms with van der Waals surface area (Å²) in [5.74, 6) is -0.160. The summed E-state index contributed by atoms with van der Waals surface area (Å²) in [6.07, 6.45) is 6.63. The third-order valence-electron chi connectivity index (χ3n) is 3.72. The summed E-state index contributed by atoms with van der Waals surface area (Å²) in [6.45, 7) is 0. The second kappa shape index (κ2) is 5.01. The van der Waals surface area contributed by atoms with Crippen molar-refractivity contribution in [2.24, 2.45) is 0 Å². The van der Waals surface area contributed by atoms with Gasteiger partial charge >= 0.3 is 0 Å². The van der Waals surface area contributed by atoms with Crippen molar-refractivity contribution in [2.75, 3.05) is 0 Å². The average molecular weight is 259 g/mol. The zero-order chi connectivity index (χ0) is 13.2. The minimum absolute atomic E-state index is 0.139. The van der Waals surface area contributed by atoms with Crippen LogP contribution < -0.4 is 5.32 Å². The summed E-state index contributed by atoms with van der Waals surface area (Å²) in [5, 5.41) is 17.0. The first-order valence-corrected chi connectivity index (χ1v) is 6.67. The van der Waals surface area contributed by atoms with Crippen LogP contribution in [0.15, 0.2) is 30.6 Å². The monoisotopic (exact) mass is 259 g/mol. The molecule has 100 valence electrons. The summed E-state index contributed by atoms with van der Waals surface area (Å²) in [4.78, 5) is 12.3. The van der Waals surface area contributed by atoms with Crippen molar-refractivity contribution in [3.63, 3.8) is 0 Å². The van der Waals surface area contributed by atoms with Gasteiger partial charge in [-0.2, -0.15) is 5.10 Å². The van der Waals surface area contributed by atoms with E-state index in [-0.39, 0.29) is 11.9 Å². The molecule has 0 saturated heterocycles. The molecule has 2 aromatic heterocycles. The number of carbonyl (C=O) groups is 1. The van der Waals surface area contributed by atoms with E-state index in [2.05, 4.69) is 10.4 Å². The molecular formula is C14H17N3O2. The molecule has 3 rings (SSSR count). The second-order valence-corrected chi connectivity index (χ2v) is 5.02. The molecule has 2 aromatic rings. The molecule has 1 fully saturated rings. The number of aliphatic hydroxyl groups is 1. The van der Waals surface area contributed by atoms with E-state index in [0.717, 1.165) is 31.2 Å². The Balaban J connectivity index is 1.80. The Morgan fingerprint density at radius 2 is 2.21 bits per heavy atom. The predicted molar refractivity (Wildman–Crippen MR) is 70.9 cm³/mol. The summed E-state index contributed by atoms with van der Waals surface area (Å²) in [5.41, 5.74) is 1.34. The molecule has 0 bridgehead atoms. The second-order valence-electron chi connectivity index (χ2n) is 5.02. The van der Waals surface area contributed by atoms with Gasteiger partial charge in [-0.05, 0) is 25.0 Å². The van der Waals surface area contributed by atoms with E-state index in [0.29, 0.717) is 5.56 Å². The smallest absolute Gasteiger partial charge is 0.255 e. The molecule has 2 heterocycles. The molecule has 1 saturated carbocycles. The van der Waals surface area contributed by atoms with Crippen LogP contribution in [0.2, 0.25) is 0 Å². The molecule has 2 N–H and O–H groups in total. The molecule has 0 aromatic carbocycles. The maximum Gasteiger partial charge on any atom is 0.255 e. The molecule has 1 aliphatic carbocycles. The van der Waals surface area contributed by atoms with Crippen LogP contribution >= 0.6 is 0 Å². The fraction of sp³-hybridized carbons (Fsp3) is 0.429. The predicted octanol–water partition coefficient (Wildman–Crippen LogP) is 1.37. The van der Waals surface area contributed by atoms with Gasteiger partial charge in [0.2, 0.25) is 0 Å². The van der Waals surface area contributed by atoms with Gasteiger partial charge in [-0.25, -0.2) is 4.52 Å². The molecule has 2 atom stereocenters. The van der Waals surface area contributed by atoms with Crippen molar-refractivity contribution in [1.29, 1.82) is 0 Å². The number of pyridine rings is 1. The number of nitrogens with zero attached hydrogens (tertiary/aromatic N) is 2. The van der Waals surface area contributed by atoms with Gasteiger partial charge in [0.05, 0.1) is 29.4 Å². The lowest BCUT2D eigenvalue weighted by molar-refractivity contribution is 0.0718. The van der Waals surface area contributed by atoms with E-state index in [1.807, 2.05) is 24.4 Å². The van der Waals surface area contributed by atoms with Crippen molar-refractivity contribution in [3.8, 4) is 0 Å². The van der Waals surface area contributed by atoms with Gasteiger partial charge in [0.25, 0.3) is 5.91 Å². The number of rotatable bonds is 2. The van der Waals surface area contributed by atoms with E-state index < -0.39 is 6.10 Å². The Hall–Kier alpha value is -1.88. The number of hydrogen-bond donors (Lipinski definition) is 2. The van der Waals surface area contributed by atoms with Gasteiger partial charge in [-0.3, -0.25) is 4.79 Å². The van der Waals surface area contributed by atoms with Crippen LogP contribution in [0.1, 0.15) is 36.0 Å². The van der Waals surface area contributed by atoms with Gasteiger partial charge in [-0.15, -0.1) is 0 Å². The lowest BCUT2D eigenvalue weighted by Gasteiger charge is -2.28. The minimum atomic E-state index is -0.431. The van der Waals surface area contributed by atoms with Crippen LogP contribution in [0.25, 0.3) is 5.52 Å². The molecule has 1 aliphatic rings. The van der Waals surface area contributed by atoms with E-state index in [9.17, 15) is 9.90 Å². The Labute approximate surface area is 111 Å². The lowest BCUT2D eigenvalue weighted by atomic mass is 9.92. The van der Waals surface area contributed by atoms with Crippen LogP contribution in [-0.4, -0.2) is 32.8 Å². The van der Waals surface area contributed by atoms with E-state index >= 15 is 0 Å². The number of fused-ring (bicyclic) bond motifs is 1. The first kappa shape index (κ1) is 12.2. The molecule has 5 nitrogen and oxygen atoms in total. The zero-order valence-electron chi connectivity index (χ0n) is 10.6. The van der Waals surface area contributed by atoms with Crippen molar-refractivity contribution < 1.29 is 9.90 Å². The Morgan fingerprint density at radius 1 is 1.37 bits per heavy atom. The first-order valence-electron chi connectivity index (χ1n) is 6.67. The normalized spacial score (nSPS) is 23.4. The molecule has 5 heteroatoms. The van der Waals surface area contributed by atoms with E-state index in [4.69, 9.17) is 0 Å². The third-order valence-corrected chi connectivity index (χ3v) is 3.72. The Kier molecular flexibility index (Phi) is 3.21. The maximum atomic E-state index is 12.3. The molecular weight excluding hydrogens is 242 g/mol.